The number of benzene rings is 2. The second-order valence-corrected chi connectivity index (χ2v) is 11.7. The van der Waals surface area contributed by atoms with Crippen molar-refractivity contribution in [3.8, 4) is 11.5 Å². The van der Waals surface area contributed by atoms with Gasteiger partial charge in [0.05, 0.1) is 26.1 Å². The van der Waals surface area contributed by atoms with Crippen molar-refractivity contribution < 1.29 is 14.3 Å². The Hall–Kier alpha value is -2.12. The Labute approximate surface area is 263 Å². The molecule has 0 unspecified atom stereocenters. The highest BCUT2D eigenvalue weighted by molar-refractivity contribution is 8.93. The van der Waals surface area contributed by atoms with E-state index >= 15 is 0 Å². The minimum Gasteiger partial charge on any atom is -0.493 e. The standard InChI is InChI=1S/C34H50N2O3S.BrH/c1-4-5-6-7-8-9-10-11-12-13-14-15-22-39-34-25-31(19-20-33(34)38-3)27-36(29(2)37)32-18-16-17-30(24-32)26-35-21-23-40-28-35;/h16-21,23-25H,4-15,22,26-28H2,1-3H3;1H. The van der Waals surface area contributed by atoms with Crippen LogP contribution in [0.4, 0.5) is 5.69 Å². The first-order chi connectivity index (χ1) is 19.6. The first-order valence-electron chi connectivity index (χ1n) is 15.3. The van der Waals surface area contributed by atoms with Crippen LogP contribution in [0.3, 0.4) is 0 Å². The van der Waals surface area contributed by atoms with Gasteiger partial charge in [-0.1, -0.05) is 95.8 Å². The third-order valence-corrected chi connectivity index (χ3v) is 8.22. The van der Waals surface area contributed by atoms with Gasteiger partial charge in [0, 0.05) is 25.4 Å². The number of hydrogen-bond donors (Lipinski definition) is 0. The Morgan fingerprint density at radius 1 is 0.878 bits per heavy atom. The summed E-state index contributed by atoms with van der Waals surface area (Å²) in [6.07, 6.45) is 18.0. The third-order valence-electron chi connectivity index (χ3n) is 7.42. The monoisotopic (exact) mass is 646 g/mol. The molecule has 0 radical (unpaired) electrons. The summed E-state index contributed by atoms with van der Waals surface area (Å²) in [6, 6.07) is 14.3. The zero-order valence-electron chi connectivity index (χ0n) is 25.4. The number of anilines is 1. The Morgan fingerprint density at radius 3 is 2.17 bits per heavy atom. The highest BCUT2D eigenvalue weighted by atomic mass is 79.9. The molecule has 0 saturated heterocycles. The molecule has 0 aliphatic carbocycles. The second-order valence-electron chi connectivity index (χ2n) is 10.8. The summed E-state index contributed by atoms with van der Waals surface area (Å²) < 4.78 is 11.7. The molecule has 0 fully saturated rings. The molecule has 2 aromatic rings. The lowest BCUT2D eigenvalue weighted by Crippen LogP contribution is -2.28. The van der Waals surface area contributed by atoms with Gasteiger partial charge in [0.2, 0.25) is 5.91 Å². The SMILES string of the molecule is Br.CCCCCCCCCCCCCCOc1cc(CN(C(C)=O)c2cccc(CN3C=CSC3)c2)ccc1OC. The second kappa shape index (κ2) is 20.7. The van der Waals surface area contributed by atoms with E-state index in [0.717, 1.165) is 41.6 Å². The van der Waals surface area contributed by atoms with Crippen molar-refractivity contribution in [1.29, 1.82) is 0 Å². The summed E-state index contributed by atoms with van der Waals surface area (Å²) in [4.78, 5) is 16.8. The predicted molar refractivity (Wildman–Crippen MR) is 180 cm³/mol. The molecule has 2 aromatic carbocycles. The molecular formula is C34H51BrN2O3S. The van der Waals surface area contributed by atoms with Crippen LogP contribution in [-0.2, 0) is 17.9 Å². The molecule has 0 N–H and O–H groups in total. The van der Waals surface area contributed by atoms with E-state index in [4.69, 9.17) is 9.47 Å². The van der Waals surface area contributed by atoms with Crippen LogP contribution in [0.25, 0.3) is 0 Å². The number of amides is 1. The Morgan fingerprint density at radius 2 is 1.56 bits per heavy atom. The topological polar surface area (TPSA) is 42.0 Å². The van der Waals surface area contributed by atoms with Crippen LogP contribution < -0.4 is 14.4 Å². The van der Waals surface area contributed by atoms with Crippen LogP contribution in [0.5, 0.6) is 11.5 Å². The van der Waals surface area contributed by atoms with Gasteiger partial charge < -0.3 is 19.3 Å². The minimum atomic E-state index is 0. The van der Waals surface area contributed by atoms with Gasteiger partial charge in [0.1, 0.15) is 0 Å². The number of nitrogens with zero attached hydrogens (tertiary/aromatic N) is 2. The molecule has 1 aliphatic rings. The molecule has 1 amide bonds. The van der Waals surface area contributed by atoms with Crippen molar-refractivity contribution in [1.82, 2.24) is 4.90 Å². The molecule has 5 nitrogen and oxygen atoms in total. The molecule has 1 aliphatic heterocycles. The van der Waals surface area contributed by atoms with E-state index in [-0.39, 0.29) is 22.9 Å². The Kier molecular flexibility index (Phi) is 17.7. The van der Waals surface area contributed by atoms with E-state index in [2.05, 4.69) is 35.6 Å². The summed E-state index contributed by atoms with van der Waals surface area (Å²) in [5.41, 5.74) is 3.12. The van der Waals surface area contributed by atoms with Gasteiger partial charge >= 0.3 is 0 Å². The maximum Gasteiger partial charge on any atom is 0.224 e. The normalized spacial score (nSPS) is 12.3. The zero-order valence-corrected chi connectivity index (χ0v) is 28.0. The molecule has 3 rings (SSSR count). The van der Waals surface area contributed by atoms with Gasteiger partial charge in [-0.3, -0.25) is 4.79 Å². The lowest BCUT2D eigenvalue weighted by molar-refractivity contribution is -0.116. The Balaban J connectivity index is 0.00000588. The third kappa shape index (κ3) is 13.2. The maximum atomic E-state index is 12.7. The van der Waals surface area contributed by atoms with Crippen molar-refractivity contribution in [2.24, 2.45) is 0 Å². The largest absolute Gasteiger partial charge is 0.493 e. The average molecular weight is 648 g/mol. The summed E-state index contributed by atoms with van der Waals surface area (Å²) in [5, 5.41) is 2.12. The fourth-order valence-electron chi connectivity index (χ4n) is 5.09. The van der Waals surface area contributed by atoms with Gasteiger partial charge in [0.25, 0.3) is 0 Å². The van der Waals surface area contributed by atoms with Crippen molar-refractivity contribution in [2.75, 3.05) is 24.5 Å². The molecule has 41 heavy (non-hydrogen) atoms. The maximum absolute atomic E-state index is 12.7. The van der Waals surface area contributed by atoms with E-state index in [1.807, 2.05) is 35.2 Å². The van der Waals surface area contributed by atoms with E-state index in [0.29, 0.717) is 13.2 Å². The number of halogens is 1. The molecular weight excluding hydrogens is 596 g/mol. The van der Waals surface area contributed by atoms with Crippen molar-refractivity contribution in [3.63, 3.8) is 0 Å². The minimum absolute atomic E-state index is 0. The summed E-state index contributed by atoms with van der Waals surface area (Å²) >= 11 is 1.80. The lowest BCUT2D eigenvalue weighted by Gasteiger charge is -2.23. The first-order valence-corrected chi connectivity index (χ1v) is 16.3. The van der Waals surface area contributed by atoms with Gasteiger partial charge in [-0.15, -0.1) is 28.7 Å². The van der Waals surface area contributed by atoms with E-state index in [9.17, 15) is 4.79 Å². The molecule has 228 valence electrons. The number of carbonyl (C=O) groups is 1. The molecule has 1 heterocycles. The van der Waals surface area contributed by atoms with Crippen LogP contribution >= 0.6 is 28.7 Å². The predicted octanol–water partition coefficient (Wildman–Crippen LogP) is 9.88. The number of hydrogen-bond acceptors (Lipinski definition) is 5. The fraction of sp³-hybridized carbons (Fsp3) is 0.559. The number of thioether (sulfide) groups is 1. The first kappa shape index (κ1) is 35.1. The quantitative estimate of drug-likeness (QED) is 0.134. The van der Waals surface area contributed by atoms with Crippen LogP contribution in [0, 0.1) is 0 Å². The van der Waals surface area contributed by atoms with Crippen LogP contribution in [0.15, 0.2) is 54.1 Å². The van der Waals surface area contributed by atoms with E-state index < -0.39 is 0 Å². The van der Waals surface area contributed by atoms with Crippen LogP contribution in [0.1, 0.15) is 102 Å². The van der Waals surface area contributed by atoms with Gasteiger partial charge in [-0.2, -0.15) is 0 Å². The highest BCUT2D eigenvalue weighted by Crippen LogP contribution is 2.30. The summed E-state index contributed by atoms with van der Waals surface area (Å²) in [7, 11) is 1.67. The number of unbranched alkanes of at least 4 members (excludes halogenated alkanes) is 11. The van der Waals surface area contributed by atoms with Crippen molar-refractivity contribution >= 4 is 40.3 Å². The molecule has 0 bridgehead atoms. The van der Waals surface area contributed by atoms with E-state index in [1.54, 1.807) is 25.8 Å². The molecule has 0 spiro atoms. The fourth-order valence-corrected chi connectivity index (χ4v) is 5.80. The number of ether oxygens (including phenoxy) is 2. The molecule has 0 saturated carbocycles. The molecule has 0 aromatic heterocycles. The number of carbonyl (C=O) groups excluding carboxylic acids is 1. The average Bonchev–Trinajstić information content (AvgIpc) is 3.47. The number of rotatable bonds is 20. The van der Waals surface area contributed by atoms with E-state index in [1.165, 1.54) is 76.2 Å². The summed E-state index contributed by atoms with van der Waals surface area (Å²) in [5.74, 6) is 2.46. The number of methoxy groups -OCH3 is 1. The molecule has 0 atom stereocenters. The highest BCUT2D eigenvalue weighted by Gasteiger charge is 2.15. The zero-order chi connectivity index (χ0) is 28.4. The summed E-state index contributed by atoms with van der Waals surface area (Å²) in [6.45, 7) is 5.90. The van der Waals surface area contributed by atoms with Crippen LogP contribution in [0.2, 0.25) is 0 Å². The van der Waals surface area contributed by atoms with Gasteiger partial charge in [-0.25, -0.2) is 0 Å². The molecule has 7 heteroatoms. The Bertz CT molecular complexity index is 1050. The van der Waals surface area contributed by atoms with Crippen LogP contribution in [-0.4, -0.2) is 30.4 Å². The lowest BCUT2D eigenvalue weighted by atomic mass is 10.1. The smallest absolute Gasteiger partial charge is 0.224 e. The van der Waals surface area contributed by atoms with Gasteiger partial charge in [0.15, 0.2) is 11.5 Å². The van der Waals surface area contributed by atoms with Crippen molar-refractivity contribution in [3.05, 3.63) is 65.2 Å². The van der Waals surface area contributed by atoms with Crippen molar-refractivity contribution in [2.45, 2.75) is 104 Å². The van der Waals surface area contributed by atoms with Gasteiger partial charge in [-0.05, 0) is 47.2 Å².